The molecular weight excluding hydrogens is 390 g/mol. The van der Waals surface area contributed by atoms with Crippen LogP contribution in [-0.2, 0) is 4.74 Å². The molecule has 140 valence electrons. The van der Waals surface area contributed by atoms with Gasteiger partial charge in [-0.05, 0) is 43.4 Å². The molecule has 0 radical (unpaired) electrons. The van der Waals surface area contributed by atoms with Crippen LogP contribution in [0.1, 0.15) is 23.0 Å². The number of thiophene rings is 1. The Labute approximate surface area is 167 Å². The maximum absolute atomic E-state index is 11.8. The molecular formula is C18H22ClN3O2S2. The summed E-state index contributed by atoms with van der Waals surface area (Å²) in [6.07, 6.45) is 1.18. The Balaban J connectivity index is 1.69. The molecule has 0 aliphatic carbocycles. The second kappa shape index (κ2) is 8.52. The van der Waals surface area contributed by atoms with Gasteiger partial charge >= 0.3 is 5.97 Å². The summed E-state index contributed by atoms with van der Waals surface area (Å²) < 4.78 is 5.71. The molecule has 0 atom stereocenters. The minimum atomic E-state index is -0.411. The monoisotopic (exact) mass is 411 g/mol. The van der Waals surface area contributed by atoms with Gasteiger partial charge in [-0.15, -0.1) is 11.3 Å². The van der Waals surface area contributed by atoms with Gasteiger partial charge in [-0.1, -0.05) is 18.5 Å². The number of rotatable bonds is 4. The number of piperazine rings is 1. The summed E-state index contributed by atoms with van der Waals surface area (Å²) in [6, 6.07) is 5.81. The Morgan fingerprint density at radius 3 is 2.73 bits per heavy atom. The van der Waals surface area contributed by atoms with Crippen LogP contribution in [0.2, 0.25) is 5.02 Å². The third-order valence-electron chi connectivity index (χ3n) is 4.45. The van der Waals surface area contributed by atoms with E-state index in [1.807, 2.05) is 18.2 Å². The fourth-order valence-corrected chi connectivity index (χ4v) is 4.83. The number of nitrogens with zero attached hydrogens (tertiary/aromatic N) is 2. The molecule has 2 heterocycles. The molecule has 1 aliphatic heterocycles. The lowest BCUT2D eigenvalue weighted by atomic mass is 10.2. The van der Waals surface area contributed by atoms with Crippen molar-refractivity contribution in [2.24, 2.45) is 0 Å². The first-order chi connectivity index (χ1) is 12.5. The maximum Gasteiger partial charge on any atom is 0.349 e. The number of halogens is 1. The Hall–Kier alpha value is -1.41. The average Bonchev–Trinajstić information content (AvgIpc) is 2.98. The molecule has 3 rings (SSSR count). The first-order valence-corrected chi connectivity index (χ1v) is 10.2. The van der Waals surface area contributed by atoms with E-state index in [9.17, 15) is 4.79 Å². The summed E-state index contributed by atoms with van der Waals surface area (Å²) in [5, 5.41) is 5.33. The molecule has 0 spiro atoms. The molecule has 26 heavy (non-hydrogen) atoms. The van der Waals surface area contributed by atoms with E-state index in [0.29, 0.717) is 9.90 Å². The van der Waals surface area contributed by atoms with Crippen LogP contribution in [0.3, 0.4) is 0 Å². The molecule has 0 saturated carbocycles. The Morgan fingerprint density at radius 2 is 2.08 bits per heavy atom. The number of esters is 1. The van der Waals surface area contributed by atoms with E-state index in [-0.39, 0.29) is 0 Å². The highest BCUT2D eigenvalue weighted by molar-refractivity contribution is 7.80. The predicted molar refractivity (Wildman–Crippen MR) is 113 cm³/mol. The van der Waals surface area contributed by atoms with Crippen molar-refractivity contribution in [1.29, 1.82) is 0 Å². The lowest BCUT2D eigenvalue weighted by Gasteiger charge is -2.36. The number of methoxy groups -OCH3 is 1. The normalized spacial score (nSPS) is 15.3. The Bertz CT molecular complexity index is 816. The molecule has 0 unspecified atom stereocenters. The van der Waals surface area contributed by atoms with Crippen molar-refractivity contribution < 1.29 is 9.53 Å². The number of fused-ring (bicyclic) bond motifs is 1. The minimum Gasteiger partial charge on any atom is -0.465 e. The number of ether oxygens (including phenoxy) is 1. The number of carbonyl (C=O) groups is 1. The first kappa shape index (κ1) is 19.4. The summed E-state index contributed by atoms with van der Waals surface area (Å²) in [5.74, 6) is -0.411. The lowest BCUT2D eigenvalue weighted by molar-refractivity contribution is 0.0606. The van der Waals surface area contributed by atoms with Crippen LogP contribution in [-0.4, -0.2) is 60.7 Å². The number of hydrogen-bond donors (Lipinski definition) is 1. The molecule has 1 fully saturated rings. The van der Waals surface area contributed by atoms with Crippen LogP contribution in [0.5, 0.6) is 0 Å². The molecule has 1 aliphatic rings. The van der Waals surface area contributed by atoms with Crippen molar-refractivity contribution in [3.05, 3.63) is 28.1 Å². The summed E-state index contributed by atoms with van der Waals surface area (Å²) in [4.78, 5) is 16.9. The number of benzene rings is 1. The Kier molecular flexibility index (Phi) is 6.34. The largest absolute Gasteiger partial charge is 0.465 e. The van der Waals surface area contributed by atoms with Gasteiger partial charge in [-0.3, -0.25) is 4.90 Å². The second-order valence-electron chi connectivity index (χ2n) is 6.21. The molecule has 8 heteroatoms. The molecule has 5 nitrogen and oxygen atoms in total. The number of carbonyl (C=O) groups excluding carboxylic acids is 1. The molecule has 1 aromatic carbocycles. The molecule has 1 N–H and O–H groups in total. The standard InChI is InChI=1S/C18H22ClN3O2S2/c1-3-6-21-7-9-22(10-8-21)18(25)20-12-4-5-13-14(11-12)26-16(15(13)19)17(23)24-2/h4-5,11H,3,6-10H2,1-2H3,(H,20,25). The zero-order valence-corrected chi connectivity index (χ0v) is 17.3. The second-order valence-corrected chi connectivity index (χ2v) is 8.02. The van der Waals surface area contributed by atoms with Crippen molar-refractivity contribution in [2.75, 3.05) is 45.2 Å². The highest BCUT2D eigenvalue weighted by Crippen LogP contribution is 2.37. The van der Waals surface area contributed by atoms with Crippen molar-refractivity contribution in [1.82, 2.24) is 9.80 Å². The van der Waals surface area contributed by atoms with E-state index in [2.05, 4.69) is 22.0 Å². The van der Waals surface area contributed by atoms with Crippen LogP contribution in [0.15, 0.2) is 18.2 Å². The molecule has 2 aromatic rings. The van der Waals surface area contributed by atoms with Gasteiger partial charge in [0.05, 0.1) is 12.1 Å². The predicted octanol–water partition coefficient (Wildman–Crippen LogP) is 4.07. The van der Waals surface area contributed by atoms with Gasteiger partial charge in [-0.25, -0.2) is 4.79 Å². The Morgan fingerprint density at radius 1 is 1.35 bits per heavy atom. The number of thiocarbonyl (C=S) groups is 1. The lowest BCUT2D eigenvalue weighted by Crippen LogP contribution is -2.49. The fraction of sp³-hybridized carbons (Fsp3) is 0.444. The van der Waals surface area contributed by atoms with E-state index >= 15 is 0 Å². The molecule has 1 saturated heterocycles. The van der Waals surface area contributed by atoms with Gasteiger partial charge in [0, 0.05) is 42.0 Å². The quantitative estimate of drug-likeness (QED) is 0.604. The van der Waals surface area contributed by atoms with Gasteiger partial charge in [0.1, 0.15) is 4.88 Å². The molecule has 0 amide bonds. The third-order valence-corrected chi connectivity index (χ3v) is 6.45. The fourth-order valence-electron chi connectivity index (χ4n) is 3.06. The van der Waals surface area contributed by atoms with Gasteiger partial charge in [0.25, 0.3) is 0 Å². The van der Waals surface area contributed by atoms with E-state index < -0.39 is 5.97 Å². The van der Waals surface area contributed by atoms with Crippen molar-refractivity contribution in [3.8, 4) is 0 Å². The summed E-state index contributed by atoms with van der Waals surface area (Å²) in [6.45, 7) is 7.30. The van der Waals surface area contributed by atoms with Crippen LogP contribution in [0.4, 0.5) is 5.69 Å². The zero-order chi connectivity index (χ0) is 18.7. The van der Waals surface area contributed by atoms with E-state index in [0.717, 1.165) is 53.6 Å². The van der Waals surface area contributed by atoms with E-state index in [1.54, 1.807) is 0 Å². The maximum atomic E-state index is 11.8. The first-order valence-electron chi connectivity index (χ1n) is 8.62. The molecule has 1 aromatic heterocycles. The zero-order valence-electron chi connectivity index (χ0n) is 14.9. The number of anilines is 1. The van der Waals surface area contributed by atoms with Crippen LogP contribution >= 0.6 is 35.2 Å². The topological polar surface area (TPSA) is 44.8 Å². The highest BCUT2D eigenvalue weighted by Gasteiger charge is 2.20. The minimum absolute atomic E-state index is 0.411. The summed E-state index contributed by atoms with van der Waals surface area (Å²) in [5.41, 5.74) is 0.896. The third kappa shape index (κ3) is 4.11. The van der Waals surface area contributed by atoms with Crippen LogP contribution < -0.4 is 5.32 Å². The highest BCUT2D eigenvalue weighted by atomic mass is 35.5. The van der Waals surface area contributed by atoms with E-state index in [4.69, 9.17) is 28.6 Å². The number of nitrogens with one attached hydrogen (secondary N) is 1. The van der Waals surface area contributed by atoms with Crippen molar-refractivity contribution >= 4 is 62.0 Å². The number of hydrogen-bond acceptors (Lipinski definition) is 5. The van der Waals surface area contributed by atoms with Gasteiger partial charge < -0.3 is 15.0 Å². The van der Waals surface area contributed by atoms with Crippen molar-refractivity contribution in [3.63, 3.8) is 0 Å². The van der Waals surface area contributed by atoms with Gasteiger partial charge in [0.15, 0.2) is 5.11 Å². The van der Waals surface area contributed by atoms with Crippen LogP contribution in [0.25, 0.3) is 10.1 Å². The smallest absolute Gasteiger partial charge is 0.349 e. The van der Waals surface area contributed by atoms with Crippen molar-refractivity contribution in [2.45, 2.75) is 13.3 Å². The summed E-state index contributed by atoms with van der Waals surface area (Å²) >= 11 is 13.2. The molecule has 0 bridgehead atoms. The average molecular weight is 412 g/mol. The van der Waals surface area contributed by atoms with Gasteiger partial charge in [0.2, 0.25) is 0 Å². The van der Waals surface area contributed by atoms with E-state index in [1.165, 1.54) is 24.9 Å². The van der Waals surface area contributed by atoms with Crippen LogP contribution in [0, 0.1) is 0 Å². The summed E-state index contributed by atoms with van der Waals surface area (Å²) in [7, 11) is 1.36. The SMILES string of the molecule is CCCN1CCN(C(=S)Nc2ccc3c(Cl)c(C(=O)OC)sc3c2)CC1. The van der Waals surface area contributed by atoms with Gasteiger partial charge in [-0.2, -0.15) is 0 Å².